The number of anilines is 2. The molecule has 0 aliphatic carbocycles. The molecule has 2 aromatic heterocycles. The summed E-state index contributed by atoms with van der Waals surface area (Å²) in [7, 11) is 0. The van der Waals surface area contributed by atoms with Gasteiger partial charge in [0.15, 0.2) is 0 Å². The van der Waals surface area contributed by atoms with Crippen LogP contribution in [-0.4, -0.2) is 15.1 Å². The van der Waals surface area contributed by atoms with Crippen LogP contribution < -0.4 is 5.32 Å². The number of aromatic nitrogens is 2. The summed E-state index contributed by atoms with van der Waals surface area (Å²) in [6.45, 7) is 1.80. The van der Waals surface area contributed by atoms with Crippen molar-refractivity contribution in [2.24, 2.45) is 0 Å². The van der Waals surface area contributed by atoms with Crippen molar-refractivity contribution in [2.75, 3.05) is 5.32 Å². The first-order valence-corrected chi connectivity index (χ1v) is 6.69. The number of nitrogens with zero attached hydrogens (tertiary/aromatic N) is 2. The number of nitrogens with one attached hydrogen (secondary N) is 1. The van der Waals surface area contributed by atoms with E-state index in [0.717, 1.165) is 27.8 Å². The van der Waals surface area contributed by atoms with E-state index in [1.165, 1.54) is 0 Å². The summed E-state index contributed by atoms with van der Waals surface area (Å²) >= 11 is 0. The molecule has 104 valence electrons. The number of allylic oxidation sites excluding steroid dienone is 1. The van der Waals surface area contributed by atoms with Crippen LogP contribution >= 0.6 is 0 Å². The van der Waals surface area contributed by atoms with Crippen molar-refractivity contribution in [3.8, 4) is 0 Å². The van der Waals surface area contributed by atoms with E-state index in [0.29, 0.717) is 0 Å². The molecule has 0 aliphatic rings. The van der Waals surface area contributed by atoms with Gasteiger partial charge in [0.2, 0.25) is 0 Å². The number of hydrogen-bond donors (Lipinski definition) is 2. The molecule has 3 rings (SSSR count). The number of hydrogen-bond acceptors (Lipinski definition) is 4. The summed E-state index contributed by atoms with van der Waals surface area (Å²) in [6, 6.07) is 11.5. The molecule has 0 aliphatic heterocycles. The van der Waals surface area contributed by atoms with E-state index >= 15 is 0 Å². The Kier molecular flexibility index (Phi) is 3.51. The van der Waals surface area contributed by atoms with Gasteiger partial charge in [-0.15, -0.1) is 0 Å². The Morgan fingerprint density at radius 1 is 1.14 bits per heavy atom. The highest BCUT2D eigenvalue weighted by molar-refractivity contribution is 5.94. The fourth-order valence-electron chi connectivity index (χ4n) is 2.19. The maximum Gasteiger partial charge on any atom is 0.118 e. The standard InChI is InChI=1S/C17H15N3O/c1-2-16(21)13-10-12-4-3-7-19-17(12)15(11-13)20-14-5-8-18-9-6-14/h2-11,21H,1H3,(H,18,20)/b16-2-. The van der Waals surface area contributed by atoms with E-state index in [2.05, 4.69) is 15.3 Å². The van der Waals surface area contributed by atoms with Crippen molar-refractivity contribution < 1.29 is 5.11 Å². The van der Waals surface area contributed by atoms with Crippen LogP contribution in [0.4, 0.5) is 11.4 Å². The Bertz CT molecular complexity index is 797. The van der Waals surface area contributed by atoms with Crippen LogP contribution in [0.1, 0.15) is 12.5 Å². The highest BCUT2D eigenvalue weighted by atomic mass is 16.3. The average molecular weight is 277 g/mol. The predicted octanol–water partition coefficient (Wildman–Crippen LogP) is 4.29. The van der Waals surface area contributed by atoms with Gasteiger partial charge in [-0.25, -0.2) is 0 Å². The van der Waals surface area contributed by atoms with Crippen LogP contribution in [0.25, 0.3) is 16.7 Å². The number of fused-ring (bicyclic) bond motifs is 1. The molecule has 0 atom stereocenters. The summed E-state index contributed by atoms with van der Waals surface area (Å²) in [5.41, 5.74) is 3.40. The van der Waals surface area contributed by atoms with Crippen LogP contribution in [0.15, 0.2) is 61.1 Å². The maximum absolute atomic E-state index is 9.98. The van der Waals surface area contributed by atoms with Crippen LogP contribution in [0.3, 0.4) is 0 Å². The van der Waals surface area contributed by atoms with Gasteiger partial charge in [-0.2, -0.15) is 0 Å². The van der Waals surface area contributed by atoms with Crippen molar-refractivity contribution in [3.63, 3.8) is 0 Å². The number of aliphatic hydroxyl groups excluding tert-OH is 1. The zero-order chi connectivity index (χ0) is 14.7. The minimum Gasteiger partial charge on any atom is -0.508 e. The van der Waals surface area contributed by atoms with Crippen molar-refractivity contribution in [2.45, 2.75) is 6.92 Å². The molecule has 2 heterocycles. The summed E-state index contributed by atoms with van der Waals surface area (Å²) in [4.78, 5) is 8.43. The van der Waals surface area contributed by atoms with Gasteiger partial charge in [-0.1, -0.05) is 6.07 Å². The molecule has 1 aromatic carbocycles. The second-order valence-corrected chi connectivity index (χ2v) is 4.63. The molecule has 0 radical (unpaired) electrons. The van der Waals surface area contributed by atoms with Crippen molar-refractivity contribution in [1.29, 1.82) is 0 Å². The second-order valence-electron chi connectivity index (χ2n) is 4.63. The third kappa shape index (κ3) is 2.69. The lowest BCUT2D eigenvalue weighted by atomic mass is 10.1. The van der Waals surface area contributed by atoms with E-state index in [1.54, 1.807) is 31.6 Å². The Hall–Kier alpha value is -2.88. The number of aliphatic hydroxyl groups is 1. The van der Waals surface area contributed by atoms with E-state index in [9.17, 15) is 5.11 Å². The SMILES string of the molecule is C/C=C(\O)c1cc(Nc2ccncc2)c2ncccc2c1. The number of benzene rings is 1. The average Bonchev–Trinajstić information content (AvgIpc) is 2.55. The Morgan fingerprint density at radius 2 is 1.95 bits per heavy atom. The van der Waals surface area contributed by atoms with Gasteiger partial charge < -0.3 is 10.4 Å². The molecule has 2 N–H and O–H groups in total. The number of pyridine rings is 2. The normalized spacial score (nSPS) is 11.6. The monoisotopic (exact) mass is 277 g/mol. The Balaban J connectivity index is 2.15. The van der Waals surface area contributed by atoms with E-state index in [4.69, 9.17) is 0 Å². The molecule has 0 unspecified atom stereocenters. The molecule has 4 nitrogen and oxygen atoms in total. The third-order valence-corrected chi connectivity index (χ3v) is 3.23. The summed E-state index contributed by atoms with van der Waals surface area (Å²) in [5.74, 6) is 0.249. The minimum absolute atomic E-state index is 0.249. The molecule has 4 heteroatoms. The molecule has 0 spiro atoms. The van der Waals surface area contributed by atoms with Crippen molar-refractivity contribution in [3.05, 3.63) is 66.6 Å². The van der Waals surface area contributed by atoms with Crippen LogP contribution in [0, 0.1) is 0 Å². The van der Waals surface area contributed by atoms with Gasteiger partial charge in [-0.3, -0.25) is 9.97 Å². The fourth-order valence-corrected chi connectivity index (χ4v) is 2.19. The summed E-state index contributed by atoms with van der Waals surface area (Å²) in [6.07, 6.45) is 6.89. The van der Waals surface area contributed by atoms with Gasteiger partial charge >= 0.3 is 0 Å². The maximum atomic E-state index is 9.98. The lowest BCUT2D eigenvalue weighted by Gasteiger charge is -2.11. The molecule has 0 saturated carbocycles. The van der Waals surface area contributed by atoms with Crippen molar-refractivity contribution in [1.82, 2.24) is 9.97 Å². The lowest BCUT2D eigenvalue weighted by molar-refractivity contribution is 0.511. The fraction of sp³-hybridized carbons (Fsp3) is 0.0588. The largest absolute Gasteiger partial charge is 0.508 e. The van der Waals surface area contributed by atoms with Gasteiger partial charge in [0, 0.05) is 35.2 Å². The zero-order valence-corrected chi connectivity index (χ0v) is 11.6. The van der Waals surface area contributed by atoms with Crippen LogP contribution in [0.5, 0.6) is 0 Å². The molecular weight excluding hydrogens is 262 g/mol. The Labute approximate surface area is 122 Å². The molecule has 3 aromatic rings. The van der Waals surface area contributed by atoms with Crippen LogP contribution in [0.2, 0.25) is 0 Å². The van der Waals surface area contributed by atoms with E-state index in [-0.39, 0.29) is 5.76 Å². The highest BCUT2D eigenvalue weighted by Gasteiger charge is 2.08. The van der Waals surface area contributed by atoms with Gasteiger partial charge in [0.05, 0.1) is 11.2 Å². The molecule has 21 heavy (non-hydrogen) atoms. The molecule has 0 amide bonds. The first-order valence-electron chi connectivity index (χ1n) is 6.69. The molecular formula is C17H15N3O. The van der Waals surface area contributed by atoms with Crippen LogP contribution in [-0.2, 0) is 0 Å². The topological polar surface area (TPSA) is 58.0 Å². The van der Waals surface area contributed by atoms with Gasteiger partial charge in [0.25, 0.3) is 0 Å². The Morgan fingerprint density at radius 3 is 2.71 bits per heavy atom. The van der Waals surface area contributed by atoms with Crippen molar-refractivity contribution >= 4 is 28.0 Å². The molecule has 0 saturated heterocycles. The first-order chi connectivity index (χ1) is 10.3. The van der Waals surface area contributed by atoms with E-state index in [1.807, 2.05) is 36.4 Å². The molecule has 0 bridgehead atoms. The summed E-state index contributed by atoms with van der Waals surface area (Å²) < 4.78 is 0. The van der Waals surface area contributed by atoms with Gasteiger partial charge in [-0.05, 0) is 43.3 Å². The summed E-state index contributed by atoms with van der Waals surface area (Å²) in [5, 5.41) is 14.3. The quantitative estimate of drug-likeness (QED) is 0.701. The van der Waals surface area contributed by atoms with Gasteiger partial charge in [0.1, 0.15) is 5.76 Å². The molecule has 0 fully saturated rings. The first kappa shape index (κ1) is 13.1. The zero-order valence-electron chi connectivity index (χ0n) is 11.6. The minimum atomic E-state index is 0.249. The smallest absolute Gasteiger partial charge is 0.118 e. The van der Waals surface area contributed by atoms with E-state index < -0.39 is 0 Å². The number of rotatable bonds is 3. The lowest BCUT2D eigenvalue weighted by Crippen LogP contribution is -1.95. The predicted molar refractivity (Wildman–Crippen MR) is 85.5 cm³/mol. The second kappa shape index (κ2) is 5.63. The third-order valence-electron chi connectivity index (χ3n) is 3.23. The highest BCUT2D eigenvalue weighted by Crippen LogP contribution is 2.28.